The first-order valence-corrected chi connectivity index (χ1v) is 6.62. The summed E-state index contributed by atoms with van der Waals surface area (Å²) in [6.07, 6.45) is 1.53. The third kappa shape index (κ3) is 6.03. The maximum absolute atomic E-state index is 11.8. The molecule has 0 heterocycles. The number of carbonyl (C=O) groups excluding carboxylic acids is 2. The number of rotatable bonds is 6. The number of hydrogen-bond donors (Lipinski definition) is 0. The van der Waals surface area contributed by atoms with Crippen LogP contribution in [-0.2, 0) is 14.3 Å². The minimum absolute atomic E-state index is 0.0622. The highest BCUT2D eigenvalue weighted by molar-refractivity contribution is 5.78. The highest BCUT2D eigenvalue weighted by Crippen LogP contribution is 2.15. The zero-order valence-electron chi connectivity index (χ0n) is 12.6. The monoisotopic (exact) mass is 257 g/mol. The molecular weight excluding hydrogens is 230 g/mol. The molecule has 0 rings (SSSR count). The molecule has 0 saturated carbocycles. The Morgan fingerprint density at radius 2 is 1.83 bits per heavy atom. The number of hydrogen-bond acceptors (Lipinski definition) is 3. The Labute approximate surface area is 111 Å². The number of nitrogens with zero attached hydrogens (tertiary/aromatic N) is 1. The summed E-state index contributed by atoms with van der Waals surface area (Å²) in [5.41, 5.74) is -0.460. The highest BCUT2D eigenvalue weighted by atomic mass is 16.5. The molecule has 0 aliphatic rings. The second-order valence-corrected chi connectivity index (χ2v) is 5.81. The summed E-state index contributed by atoms with van der Waals surface area (Å²) in [5, 5.41) is 0. The Hall–Kier alpha value is -1.06. The third-order valence-corrected chi connectivity index (χ3v) is 2.89. The Kier molecular flexibility index (Phi) is 6.96. The number of amides is 1. The lowest BCUT2D eigenvalue weighted by Gasteiger charge is -2.21. The van der Waals surface area contributed by atoms with Gasteiger partial charge in [-0.1, -0.05) is 13.8 Å². The average molecular weight is 257 g/mol. The molecule has 0 aliphatic heterocycles. The zero-order valence-corrected chi connectivity index (χ0v) is 12.6. The number of carbonyl (C=O) groups is 2. The summed E-state index contributed by atoms with van der Waals surface area (Å²) in [5.74, 6) is 0.0187. The van der Waals surface area contributed by atoms with E-state index in [2.05, 4.69) is 0 Å². The normalized spacial score (nSPS) is 13.0. The molecule has 0 fully saturated rings. The molecule has 4 heteroatoms. The third-order valence-electron chi connectivity index (χ3n) is 2.89. The Morgan fingerprint density at radius 1 is 1.28 bits per heavy atom. The van der Waals surface area contributed by atoms with Crippen molar-refractivity contribution in [3.63, 3.8) is 0 Å². The molecule has 1 unspecified atom stereocenters. The van der Waals surface area contributed by atoms with Gasteiger partial charge in [0.1, 0.15) is 0 Å². The van der Waals surface area contributed by atoms with Crippen LogP contribution < -0.4 is 0 Å². The average Bonchev–Trinajstić information content (AvgIpc) is 2.30. The van der Waals surface area contributed by atoms with E-state index in [0.717, 1.165) is 6.42 Å². The number of esters is 1. The van der Waals surface area contributed by atoms with Crippen molar-refractivity contribution in [1.82, 2.24) is 4.90 Å². The van der Waals surface area contributed by atoms with Crippen LogP contribution in [0.1, 0.15) is 47.5 Å². The maximum atomic E-state index is 11.8. The summed E-state index contributed by atoms with van der Waals surface area (Å²) in [7, 11) is 1.79. The lowest BCUT2D eigenvalue weighted by Crippen LogP contribution is -2.33. The van der Waals surface area contributed by atoms with Crippen LogP contribution in [0.2, 0.25) is 0 Å². The lowest BCUT2D eigenvalue weighted by atomic mass is 9.97. The van der Waals surface area contributed by atoms with E-state index in [0.29, 0.717) is 19.6 Å². The second-order valence-electron chi connectivity index (χ2n) is 5.81. The van der Waals surface area contributed by atoms with Gasteiger partial charge in [-0.2, -0.15) is 0 Å². The van der Waals surface area contributed by atoms with Gasteiger partial charge in [0, 0.05) is 19.5 Å². The van der Waals surface area contributed by atoms with Crippen LogP contribution in [0.5, 0.6) is 0 Å². The van der Waals surface area contributed by atoms with Gasteiger partial charge in [0.2, 0.25) is 5.91 Å². The molecule has 0 saturated heterocycles. The quantitative estimate of drug-likeness (QED) is 0.542. The molecule has 0 bridgehead atoms. The van der Waals surface area contributed by atoms with Gasteiger partial charge in [-0.05, 0) is 33.6 Å². The van der Waals surface area contributed by atoms with Gasteiger partial charge in [-0.15, -0.1) is 0 Å². The van der Waals surface area contributed by atoms with Gasteiger partial charge in [0.05, 0.1) is 12.0 Å². The smallest absolute Gasteiger partial charge is 0.311 e. The molecule has 0 aromatic rings. The van der Waals surface area contributed by atoms with Crippen LogP contribution in [0, 0.1) is 11.3 Å². The Morgan fingerprint density at radius 3 is 2.28 bits per heavy atom. The van der Waals surface area contributed by atoms with Crippen LogP contribution in [0.4, 0.5) is 0 Å². The van der Waals surface area contributed by atoms with Crippen LogP contribution in [-0.4, -0.2) is 37.0 Å². The molecule has 0 aliphatic carbocycles. The summed E-state index contributed by atoms with van der Waals surface area (Å²) in [6.45, 7) is 10.4. The second kappa shape index (κ2) is 7.39. The maximum Gasteiger partial charge on any atom is 0.311 e. The van der Waals surface area contributed by atoms with Gasteiger partial charge in [0.25, 0.3) is 0 Å². The SMILES string of the molecule is CCC(C)C(=O)N(C)CCCOC(=O)C(C)(C)C. The predicted molar refractivity (Wildman–Crippen MR) is 72.1 cm³/mol. The van der Waals surface area contributed by atoms with Crippen molar-refractivity contribution in [1.29, 1.82) is 0 Å². The first-order valence-electron chi connectivity index (χ1n) is 6.62. The summed E-state index contributed by atoms with van der Waals surface area (Å²) in [6, 6.07) is 0. The molecule has 0 spiro atoms. The fourth-order valence-electron chi connectivity index (χ4n) is 1.34. The Balaban J connectivity index is 3.86. The summed E-state index contributed by atoms with van der Waals surface area (Å²) >= 11 is 0. The minimum Gasteiger partial charge on any atom is -0.465 e. The molecule has 1 atom stereocenters. The fourth-order valence-corrected chi connectivity index (χ4v) is 1.34. The van der Waals surface area contributed by atoms with Gasteiger partial charge in [-0.25, -0.2) is 0 Å². The topological polar surface area (TPSA) is 46.6 Å². The van der Waals surface area contributed by atoms with Crippen molar-refractivity contribution in [3.05, 3.63) is 0 Å². The first-order chi connectivity index (χ1) is 8.20. The summed E-state index contributed by atoms with van der Waals surface area (Å²) in [4.78, 5) is 25.0. The van der Waals surface area contributed by atoms with Crippen LogP contribution >= 0.6 is 0 Å². The van der Waals surface area contributed by atoms with Crippen LogP contribution in [0.25, 0.3) is 0 Å². The van der Waals surface area contributed by atoms with Gasteiger partial charge in [-0.3, -0.25) is 9.59 Å². The van der Waals surface area contributed by atoms with E-state index in [-0.39, 0.29) is 17.8 Å². The molecule has 18 heavy (non-hydrogen) atoms. The van der Waals surface area contributed by atoms with E-state index < -0.39 is 5.41 Å². The van der Waals surface area contributed by atoms with Crippen LogP contribution in [0.15, 0.2) is 0 Å². The zero-order chi connectivity index (χ0) is 14.3. The standard InChI is InChI=1S/C14H27NO3/c1-7-11(2)12(16)15(6)9-8-10-18-13(17)14(3,4)5/h11H,7-10H2,1-6H3. The van der Waals surface area contributed by atoms with Gasteiger partial charge in [0.15, 0.2) is 0 Å². The van der Waals surface area contributed by atoms with Crippen molar-refractivity contribution in [2.24, 2.45) is 11.3 Å². The fraction of sp³-hybridized carbons (Fsp3) is 0.857. The molecule has 0 aromatic heterocycles. The van der Waals surface area contributed by atoms with Crippen molar-refractivity contribution >= 4 is 11.9 Å². The summed E-state index contributed by atoms with van der Waals surface area (Å²) < 4.78 is 5.15. The van der Waals surface area contributed by atoms with E-state index in [4.69, 9.17) is 4.74 Å². The van der Waals surface area contributed by atoms with Gasteiger partial charge >= 0.3 is 5.97 Å². The largest absolute Gasteiger partial charge is 0.465 e. The molecule has 4 nitrogen and oxygen atoms in total. The molecule has 0 radical (unpaired) electrons. The van der Waals surface area contributed by atoms with E-state index in [9.17, 15) is 9.59 Å². The molecule has 0 N–H and O–H groups in total. The molecule has 106 valence electrons. The van der Waals surface area contributed by atoms with Crippen molar-refractivity contribution in [2.75, 3.05) is 20.2 Å². The van der Waals surface area contributed by atoms with Crippen molar-refractivity contribution < 1.29 is 14.3 Å². The highest BCUT2D eigenvalue weighted by Gasteiger charge is 2.22. The van der Waals surface area contributed by atoms with E-state index in [1.807, 2.05) is 34.6 Å². The molecular formula is C14H27NO3. The lowest BCUT2D eigenvalue weighted by molar-refractivity contribution is -0.153. The van der Waals surface area contributed by atoms with Gasteiger partial charge < -0.3 is 9.64 Å². The predicted octanol–water partition coefficient (Wildman–Crippen LogP) is 2.47. The van der Waals surface area contributed by atoms with E-state index in [1.165, 1.54) is 0 Å². The Bertz CT molecular complexity index is 281. The van der Waals surface area contributed by atoms with E-state index in [1.54, 1.807) is 11.9 Å². The molecule has 0 aromatic carbocycles. The van der Waals surface area contributed by atoms with Crippen molar-refractivity contribution in [2.45, 2.75) is 47.5 Å². The molecule has 1 amide bonds. The minimum atomic E-state index is -0.460. The first kappa shape index (κ1) is 16.9. The van der Waals surface area contributed by atoms with Crippen molar-refractivity contribution in [3.8, 4) is 0 Å². The number of ether oxygens (including phenoxy) is 1. The van der Waals surface area contributed by atoms with Crippen LogP contribution in [0.3, 0.4) is 0 Å². The van der Waals surface area contributed by atoms with E-state index >= 15 is 0 Å².